The van der Waals surface area contributed by atoms with Crippen LogP contribution in [0.25, 0.3) is 10.4 Å². The van der Waals surface area contributed by atoms with Gasteiger partial charge in [0.15, 0.2) is 0 Å². The molecule has 0 bridgehead atoms. The summed E-state index contributed by atoms with van der Waals surface area (Å²) in [6.45, 7) is 4.23. The van der Waals surface area contributed by atoms with Crippen LogP contribution in [-0.2, 0) is 6.42 Å². The Morgan fingerprint density at radius 3 is 2.60 bits per heavy atom. The SMILES string of the molecule is Cc1cccc(F)c1NC(=O)c1cc2c(s1)-c1ccccc1N(C(=O)c1cccc(N3CC4(CSC4)C3)n1)CC2. The van der Waals surface area contributed by atoms with Gasteiger partial charge >= 0.3 is 0 Å². The number of thiophene rings is 1. The molecule has 2 saturated heterocycles. The average molecular weight is 571 g/mol. The average Bonchev–Trinajstić information content (AvgIpc) is 3.27. The molecule has 40 heavy (non-hydrogen) atoms. The van der Waals surface area contributed by atoms with Crippen molar-refractivity contribution in [2.45, 2.75) is 13.3 Å². The molecule has 3 aliphatic rings. The molecule has 2 aromatic heterocycles. The highest BCUT2D eigenvalue weighted by Gasteiger charge is 2.48. The van der Waals surface area contributed by atoms with Crippen LogP contribution >= 0.6 is 23.1 Å². The van der Waals surface area contributed by atoms with Crippen LogP contribution in [0.3, 0.4) is 0 Å². The van der Waals surface area contributed by atoms with Crippen LogP contribution in [0.15, 0.2) is 66.7 Å². The smallest absolute Gasteiger partial charge is 0.276 e. The van der Waals surface area contributed by atoms with E-state index in [0.717, 1.165) is 40.6 Å². The molecule has 1 N–H and O–H groups in total. The Morgan fingerprint density at radius 1 is 1.02 bits per heavy atom. The molecule has 0 saturated carbocycles. The minimum Gasteiger partial charge on any atom is -0.355 e. The predicted octanol–water partition coefficient (Wildman–Crippen LogP) is 6.27. The summed E-state index contributed by atoms with van der Waals surface area (Å²) < 4.78 is 14.4. The summed E-state index contributed by atoms with van der Waals surface area (Å²) >= 11 is 3.36. The van der Waals surface area contributed by atoms with Crippen LogP contribution in [0, 0.1) is 18.2 Å². The molecule has 0 aliphatic carbocycles. The third-order valence-electron chi connectivity index (χ3n) is 7.93. The number of rotatable bonds is 4. The van der Waals surface area contributed by atoms with E-state index in [-0.39, 0.29) is 17.5 Å². The molecule has 2 amide bonds. The second-order valence-electron chi connectivity index (χ2n) is 10.8. The van der Waals surface area contributed by atoms with Gasteiger partial charge in [0, 0.05) is 47.0 Å². The summed E-state index contributed by atoms with van der Waals surface area (Å²) in [5.74, 6) is 2.35. The number of amides is 2. The number of anilines is 3. The lowest BCUT2D eigenvalue weighted by molar-refractivity contribution is 0.0981. The molecule has 0 unspecified atom stereocenters. The van der Waals surface area contributed by atoms with Crippen molar-refractivity contribution in [3.8, 4) is 10.4 Å². The van der Waals surface area contributed by atoms with E-state index in [1.54, 1.807) is 30.0 Å². The first-order valence-corrected chi connectivity index (χ1v) is 15.3. The van der Waals surface area contributed by atoms with E-state index < -0.39 is 5.82 Å². The molecule has 6 nitrogen and oxygen atoms in total. The number of fused-ring (bicyclic) bond motifs is 3. The van der Waals surface area contributed by atoms with Gasteiger partial charge in [-0.1, -0.05) is 36.4 Å². The molecule has 2 fully saturated rings. The summed E-state index contributed by atoms with van der Waals surface area (Å²) in [6.07, 6.45) is 0.588. The van der Waals surface area contributed by atoms with E-state index in [1.807, 2.05) is 54.2 Å². The Labute approximate surface area is 240 Å². The number of carbonyl (C=O) groups excluding carboxylic acids is 2. The summed E-state index contributed by atoms with van der Waals surface area (Å²) in [5.41, 5.74) is 4.43. The van der Waals surface area contributed by atoms with Crippen LogP contribution in [0.1, 0.15) is 31.3 Å². The van der Waals surface area contributed by atoms with Crippen molar-refractivity contribution in [2.75, 3.05) is 46.3 Å². The maximum Gasteiger partial charge on any atom is 0.276 e. The number of thioether (sulfide) groups is 1. The Bertz CT molecular complexity index is 1640. The largest absolute Gasteiger partial charge is 0.355 e. The fourth-order valence-electron chi connectivity index (χ4n) is 5.74. The molecular weight excluding hydrogens is 543 g/mol. The van der Waals surface area contributed by atoms with Crippen LogP contribution in [0.2, 0.25) is 0 Å². The molecule has 7 rings (SSSR count). The normalized spacial score (nSPS) is 16.9. The zero-order chi connectivity index (χ0) is 27.4. The molecule has 202 valence electrons. The minimum absolute atomic E-state index is 0.133. The van der Waals surface area contributed by atoms with Gasteiger partial charge in [0.1, 0.15) is 17.3 Å². The van der Waals surface area contributed by atoms with E-state index in [2.05, 4.69) is 10.2 Å². The zero-order valence-electron chi connectivity index (χ0n) is 21.9. The van der Waals surface area contributed by atoms with Crippen LogP contribution < -0.4 is 15.1 Å². The van der Waals surface area contributed by atoms with E-state index in [0.29, 0.717) is 34.5 Å². The first kappa shape index (κ1) is 25.3. The molecule has 3 aliphatic heterocycles. The molecule has 4 aromatic rings. The number of hydrogen-bond acceptors (Lipinski definition) is 6. The fourth-order valence-corrected chi connectivity index (χ4v) is 8.03. The van der Waals surface area contributed by atoms with Gasteiger partial charge < -0.3 is 15.1 Å². The molecule has 0 atom stereocenters. The van der Waals surface area contributed by atoms with E-state index in [1.165, 1.54) is 28.9 Å². The highest BCUT2D eigenvalue weighted by molar-refractivity contribution is 8.00. The van der Waals surface area contributed by atoms with Crippen molar-refractivity contribution in [1.82, 2.24) is 4.98 Å². The maximum atomic E-state index is 14.4. The minimum atomic E-state index is -0.459. The van der Waals surface area contributed by atoms with Crippen molar-refractivity contribution >= 4 is 52.1 Å². The van der Waals surface area contributed by atoms with Crippen molar-refractivity contribution < 1.29 is 14.0 Å². The lowest BCUT2D eigenvalue weighted by Gasteiger charge is -2.55. The zero-order valence-corrected chi connectivity index (χ0v) is 23.6. The first-order chi connectivity index (χ1) is 19.4. The standard InChI is InChI=1S/C31H27FN4O2S2/c1-19-6-4-8-22(32)27(19)34-29(37)25-14-20-12-13-36(24-10-3-2-7-21(24)28(20)40-25)30(38)23-9-5-11-26(33-23)35-15-31(16-35)17-39-18-31/h2-11,14H,12-13,15-18H2,1H3,(H,34,37). The van der Waals surface area contributed by atoms with Crippen molar-refractivity contribution in [2.24, 2.45) is 5.41 Å². The van der Waals surface area contributed by atoms with Gasteiger partial charge in [-0.25, -0.2) is 9.37 Å². The van der Waals surface area contributed by atoms with Crippen molar-refractivity contribution in [3.05, 3.63) is 94.2 Å². The van der Waals surface area contributed by atoms with Gasteiger partial charge in [-0.3, -0.25) is 9.59 Å². The number of aromatic nitrogens is 1. The molecule has 2 aromatic carbocycles. The number of carbonyl (C=O) groups is 2. The highest BCUT2D eigenvalue weighted by atomic mass is 32.2. The quantitative estimate of drug-likeness (QED) is 0.314. The summed E-state index contributed by atoms with van der Waals surface area (Å²) in [5, 5.41) is 2.75. The number of para-hydroxylation sites is 2. The fraction of sp³-hybridized carbons (Fsp3) is 0.258. The van der Waals surface area contributed by atoms with Gasteiger partial charge in [0.2, 0.25) is 0 Å². The van der Waals surface area contributed by atoms with Crippen LogP contribution in [0.5, 0.6) is 0 Å². The van der Waals surface area contributed by atoms with Crippen LogP contribution in [0.4, 0.5) is 21.6 Å². The Kier molecular flexibility index (Phi) is 6.16. The third-order valence-corrected chi connectivity index (χ3v) is 10.8. The molecular formula is C31H27FN4O2S2. The number of aryl methyl sites for hydroxylation is 1. The monoisotopic (exact) mass is 570 g/mol. The van der Waals surface area contributed by atoms with E-state index in [4.69, 9.17) is 4.98 Å². The predicted molar refractivity (Wildman–Crippen MR) is 160 cm³/mol. The van der Waals surface area contributed by atoms with Gasteiger partial charge in [0.05, 0.1) is 16.3 Å². The van der Waals surface area contributed by atoms with Gasteiger partial charge in [0.25, 0.3) is 11.8 Å². The number of pyridine rings is 1. The molecule has 1 spiro atoms. The Morgan fingerprint density at radius 2 is 1.82 bits per heavy atom. The number of nitrogens with one attached hydrogen (secondary N) is 1. The molecule has 9 heteroatoms. The van der Waals surface area contributed by atoms with E-state index >= 15 is 0 Å². The first-order valence-electron chi connectivity index (χ1n) is 13.3. The lowest BCUT2D eigenvalue weighted by atomic mass is 9.83. The Balaban J connectivity index is 1.16. The highest BCUT2D eigenvalue weighted by Crippen LogP contribution is 2.46. The van der Waals surface area contributed by atoms with E-state index in [9.17, 15) is 14.0 Å². The van der Waals surface area contributed by atoms with Crippen molar-refractivity contribution in [3.63, 3.8) is 0 Å². The van der Waals surface area contributed by atoms with Gasteiger partial charge in [-0.05, 0) is 54.8 Å². The maximum absolute atomic E-state index is 14.4. The van der Waals surface area contributed by atoms with Gasteiger partial charge in [-0.15, -0.1) is 11.3 Å². The Hall–Kier alpha value is -3.69. The lowest BCUT2D eigenvalue weighted by Crippen LogP contribution is -2.63. The second kappa shape index (κ2) is 9.74. The molecule has 5 heterocycles. The topological polar surface area (TPSA) is 65.5 Å². The number of halogens is 1. The number of nitrogens with zero attached hydrogens (tertiary/aromatic N) is 3. The second-order valence-corrected chi connectivity index (χ2v) is 12.8. The van der Waals surface area contributed by atoms with Crippen LogP contribution in [-0.4, -0.2) is 47.9 Å². The third kappa shape index (κ3) is 4.28. The summed E-state index contributed by atoms with van der Waals surface area (Å²) in [4.78, 5) is 37.3. The molecule has 0 radical (unpaired) electrons. The number of hydrogen-bond donors (Lipinski definition) is 1. The van der Waals surface area contributed by atoms with Gasteiger partial charge in [-0.2, -0.15) is 11.8 Å². The number of benzene rings is 2. The summed E-state index contributed by atoms with van der Waals surface area (Å²) in [7, 11) is 0. The van der Waals surface area contributed by atoms with Crippen molar-refractivity contribution in [1.29, 1.82) is 0 Å². The summed E-state index contributed by atoms with van der Waals surface area (Å²) in [6, 6.07) is 20.1.